The number of para-hydroxylation sites is 1. The molecule has 2 aromatic carbocycles. The maximum atomic E-state index is 12.8. The number of H-pyrrole nitrogens is 2. The van der Waals surface area contributed by atoms with Crippen molar-refractivity contribution < 1.29 is 0 Å². The van der Waals surface area contributed by atoms with Crippen molar-refractivity contribution in [1.82, 2.24) is 24.6 Å². The lowest BCUT2D eigenvalue weighted by molar-refractivity contribution is 0.196. The topological polar surface area (TPSA) is 86.8 Å². The Balaban J connectivity index is 1.43. The molecule has 2 aromatic heterocycles. The van der Waals surface area contributed by atoms with Crippen LogP contribution in [-0.2, 0) is 6.54 Å². The molecule has 5 rings (SSSR count). The van der Waals surface area contributed by atoms with Gasteiger partial charge in [0.1, 0.15) is 5.82 Å². The summed E-state index contributed by atoms with van der Waals surface area (Å²) in [6, 6.07) is 17.4. The number of piperidine rings is 1. The SMILES string of the molecule is Cc1cccc(CN2CCCC(c3nn(-c4cccc5ccc(=O)[nH]c45)c(=O)[nH]3)C2)c1. The molecule has 0 spiro atoms. The van der Waals surface area contributed by atoms with Crippen LogP contribution in [0.4, 0.5) is 0 Å². The molecule has 0 bridgehead atoms. The number of fused-ring (bicyclic) bond motifs is 1. The summed E-state index contributed by atoms with van der Waals surface area (Å²) in [5, 5.41) is 5.50. The standard InChI is InChI=1S/C24H25N5O2/c1-16-5-2-6-17(13-16)14-28-12-4-8-19(15-28)23-26-24(31)29(27-23)20-9-3-7-18-10-11-21(30)25-22(18)20/h2-3,5-7,9-11,13,19H,4,8,12,14-15H2,1H3,(H,25,30)(H,26,27,31). The van der Waals surface area contributed by atoms with Gasteiger partial charge >= 0.3 is 5.69 Å². The fourth-order valence-electron chi connectivity index (χ4n) is 4.52. The van der Waals surface area contributed by atoms with E-state index in [0.29, 0.717) is 17.0 Å². The van der Waals surface area contributed by atoms with E-state index < -0.39 is 0 Å². The van der Waals surface area contributed by atoms with Crippen LogP contribution in [0.3, 0.4) is 0 Å². The van der Waals surface area contributed by atoms with Gasteiger partial charge in [0.25, 0.3) is 0 Å². The number of nitrogens with one attached hydrogen (secondary N) is 2. The Bertz CT molecular complexity index is 1350. The molecule has 3 heterocycles. The second-order valence-corrected chi connectivity index (χ2v) is 8.35. The van der Waals surface area contributed by atoms with Crippen LogP contribution in [0.25, 0.3) is 16.6 Å². The number of aromatic nitrogens is 4. The predicted molar refractivity (Wildman–Crippen MR) is 121 cm³/mol. The Morgan fingerprint density at radius 2 is 1.94 bits per heavy atom. The molecular formula is C24H25N5O2. The van der Waals surface area contributed by atoms with Gasteiger partial charge in [-0.25, -0.2) is 4.79 Å². The van der Waals surface area contributed by atoms with Gasteiger partial charge in [-0.3, -0.25) is 14.7 Å². The third-order valence-corrected chi connectivity index (χ3v) is 5.98. The molecule has 1 fully saturated rings. The van der Waals surface area contributed by atoms with E-state index in [2.05, 4.69) is 51.2 Å². The minimum atomic E-state index is -0.289. The minimum Gasteiger partial charge on any atom is -0.320 e. The van der Waals surface area contributed by atoms with E-state index in [1.807, 2.05) is 12.1 Å². The Morgan fingerprint density at radius 1 is 1.06 bits per heavy atom. The van der Waals surface area contributed by atoms with Crippen molar-refractivity contribution in [3.8, 4) is 5.69 Å². The second kappa shape index (κ2) is 8.00. The van der Waals surface area contributed by atoms with Crippen LogP contribution in [-0.4, -0.2) is 37.7 Å². The largest absolute Gasteiger partial charge is 0.348 e. The van der Waals surface area contributed by atoms with Crippen LogP contribution in [0.15, 0.2) is 64.2 Å². The average Bonchev–Trinajstić information content (AvgIpc) is 3.15. The number of nitrogens with zero attached hydrogens (tertiary/aromatic N) is 3. The summed E-state index contributed by atoms with van der Waals surface area (Å²) in [5.41, 5.74) is 3.27. The van der Waals surface area contributed by atoms with Crippen LogP contribution in [0.5, 0.6) is 0 Å². The normalized spacial score (nSPS) is 17.3. The zero-order chi connectivity index (χ0) is 21.4. The van der Waals surface area contributed by atoms with E-state index in [4.69, 9.17) is 0 Å². The van der Waals surface area contributed by atoms with Gasteiger partial charge in [-0.15, -0.1) is 5.10 Å². The highest BCUT2D eigenvalue weighted by atomic mass is 16.2. The van der Waals surface area contributed by atoms with Gasteiger partial charge < -0.3 is 4.98 Å². The van der Waals surface area contributed by atoms with Gasteiger partial charge in [0.2, 0.25) is 5.56 Å². The van der Waals surface area contributed by atoms with Crippen molar-refractivity contribution in [2.75, 3.05) is 13.1 Å². The zero-order valence-corrected chi connectivity index (χ0v) is 17.5. The minimum absolute atomic E-state index is 0.168. The molecule has 1 saturated heterocycles. The summed E-state index contributed by atoms with van der Waals surface area (Å²) in [6.07, 6.45) is 2.05. The highest BCUT2D eigenvalue weighted by Crippen LogP contribution is 2.26. The number of hydrogen-bond acceptors (Lipinski definition) is 4. The fourth-order valence-corrected chi connectivity index (χ4v) is 4.52. The Morgan fingerprint density at radius 3 is 2.81 bits per heavy atom. The molecule has 1 aliphatic rings. The lowest BCUT2D eigenvalue weighted by Crippen LogP contribution is -2.34. The number of rotatable bonds is 4. The fraction of sp³-hybridized carbons (Fsp3) is 0.292. The quantitative estimate of drug-likeness (QED) is 0.536. The lowest BCUT2D eigenvalue weighted by atomic mass is 9.97. The number of pyridine rings is 1. The number of aryl methyl sites for hydroxylation is 1. The highest BCUT2D eigenvalue weighted by Gasteiger charge is 2.25. The van der Waals surface area contributed by atoms with Gasteiger partial charge in [0, 0.05) is 30.5 Å². The maximum absolute atomic E-state index is 12.8. The average molecular weight is 415 g/mol. The van der Waals surface area contributed by atoms with Crippen molar-refractivity contribution in [3.05, 3.63) is 92.4 Å². The van der Waals surface area contributed by atoms with E-state index in [-0.39, 0.29) is 17.2 Å². The maximum Gasteiger partial charge on any atom is 0.348 e. The number of benzene rings is 2. The van der Waals surface area contributed by atoms with E-state index in [9.17, 15) is 9.59 Å². The summed E-state index contributed by atoms with van der Waals surface area (Å²) < 4.78 is 1.37. The molecule has 0 radical (unpaired) electrons. The number of hydrogen-bond donors (Lipinski definition) is 2. The molecule has 7 heteroatoms. The van der Waals surface area contributed by atoms with Crippen LogP contribution < -0.4 is 11.2 Å². The van der Waals surface area contributed by atoms with Crippen LogP contribution in [0.2, 0.25) is 0 Å². The molecule has 4 aromatic rings. The molecule has 0 saturated carbocycles. The molecule has 2 N–H and O–H groups in total. The summed E-state index contributed by atoms with van der Waals surface area (Å²) in [7, 11) is 0. The zero-order valence-electron chi connectivity index (χ0n) is 17.5. The van der Waals surface area contributed by atoms with E-state index >= 15 is 0 Å². The summed E-state index contributed by atoms with van der Waals surface area (Å²) in [4.78, 5) is 32.8. The summed E-state index contributed by atoms with van der Waals surface area (Å²) in [6.45, 7) is 4.90. The Kier molecular flexibility index (Phi) is 5.03. The summed E-state index contributed by atoms with van der Waals surface area (Å²) >= 11 is 0. The molecule has 1 atom stereocenters. The first-order valence-electron chi connectivity index (χ1n) is 10.7. The van der Waals surface area contributed by atoms with E-state index in [0.717, 1.165) is 37.9 Å². The van der Waals surface area contributed by atoms with Crippen molar-refractivity contribution in [2.24, 2.45) is 0 Å². The first-order chi connectivity index (χ1) is 15.1. The first-order valence-corrected chi connectivity index (χ1v) is 10.7. The van der Waals surface area contributed by atoms with Crippen molar-refractivity contribution >= 4 is 10.9 Å². The molecule has 1 aliphatic heterocycles. The van der Waals surface area contributed by atoms with Crippen LogP contribution >= 0.6 is 0 Å². The third-order valence-electron chi connectivity index (χ3n) is 5.98. The number of aromatic amines is 2. The monoisotopic (exact) mass is 415 g/mol. The van der Waals surface area contributed by atoms with Gasteiger partial charge in [-0.05, 0) is 44.0 Å². The van der Waals surface area contributed by atoms with Crippen molar-refractivity contribution in [2.45, 2.75) is 32.2 Å². The molecular weight excluding hydrogens is 390 g/mol. The van der Waals surface area contributed by atoms with Crippen LogP contribution in [0, 0.1) is 6.92 Å². The Labute approximate surface area is 179 Å². The lowest BCUT2D eigenvalue weighted by Gasteiger charge is -2.31. The molecule has 31 heavy (non-hydrogen) atoms. The molecule has 7 nitrogen and oxygen atoms in total. The number of likely N-dealkylation sites (tertiary alicyclic amines) is 1. The van der Waals surface area contributed by atoms with Gasteiger partial charge in [0.15, 0.2) is 0 Å². The van der Waals surface area contributed by atoms with E-state index in [1.165, 1.54) is 21.9 Å². The predicted octanol–water partition coefficient (Wildman–Crippen LogP) is 3.09. The molecule has 158 valence electrons. The molecule has 0 aliphatic carbocycles. The second-order valence-electron chi connectivity index (χ2n) is 8.35. The van der Waals surface area contributed by atoms with Gasteiger partial charge in [-0.1, -0.05) is 42.0 Å². The Hall–Kier alpha value is -3.45. The summed E-state index contributed by atoms with van der Waals surface area (Å²) in [5.74, 6) is 0.871. The molecule has 0 amide bonds. The smallest absolute Gasteiger partial charge is 0.320 e. The third kappa shape index (κ3) is 3.96. The first kappa shape index (κ1) is 19.5. The van der Waals surface area contributed by atoms with E-state index in [1.54, 1.807) is 12.1 Å². The van der Waals surface area contributed by atoms with Gasteiger partial charge in [0.05, 0.1) is 11.2 Å². The van der Waals surface area contributed by atoms with Gasteiger partial charge in [-0.2, -0.15) is 4.68 Å². The molecule has 1 unspecified atom stereocenters. The highest BCUT2D eigenvalue weighted by molar-refractivity contribution is 5.85. The van der Waals surface area contributed by atoms with Crippen molar-refractivity contribution in [3.63, 3.8) is 0 Å². The van der Waals surface area contributed by atoms with Crippen LogP contribution in [0.1, 0.15) is 35.7 Å². The van der Waals surface area contributed by atoms with Crippen molar-refractivity contribution in [1.29, 1.82) is 0 Å².